The van der Waals surface area contributed by atoms with Gasteiger partial charge in [0.05, 0.1) is 22.3 Å². The van der Waals surface area contributed by atoms with Crippen molar-refractivity contribution in [1.82, 2.24) is 9.66 Å². The van der Waals surface area contributed by atoms with Crippen molar-refractivity contribution in [2.45, 2.75) is 45.1 Å². The van der Waals surface area contributed by atoms with Gasteiger partial charge in [-0.05, 0) is 37.3 Å². The predicted octanol–water partition coefficient (Wildman–Crippen LogP) is 5.18. The topological polar surface area (TPSA) is 42.5 Å². The maximum atomic E-state index is 5.06. The van der Waals surface area contributed by atoms with Gasteiger partial charge in [-0.2, -0.15) is 5.10 Å². The molecule has 0 saturated heterocycles. The highest BCUT2D eigenvalue weighted by Crippen LogP contribution is 2.26. The van der Waals surface area contributed by atoms with Gasteiger partial charge >= 0.3 is 0 Å². The molecule has 6 heteroatoms. The molecule has 3 aromatic heterocycles. The number of hydrogen-bond donors (Lipinski definition) is 0. The van der Waals surface area contributed by atoms with Gasteiger partial charge < -0.3 is 0 Å². The molecule has 0 amide bonds. The highest BCUT2D eigenvalue weighted by Gasteiger charge is 2.14. The van der Waals surface area contributed by atoms with Crippen LogP contribution in [0.4, 0.5) is 0 Å². The molecule has 4 nitrogen and oxygen atoms in total. The summed E-state index contributed by atoms with van der Waals surface area (Å²) in [5.41, 5.74) is 3.09. The molecular weight excluding hydrogens is 360 g/mol. The molecule has 1 fully saturated rings. The minimum atomic E-state index is 0.429. The third-order valence-electron chi connectivity index (χ3n) is 4.66. The lowest BCUT2D eigenvalue weighted by molar-refractivity contribution is 0.435. The van der Waals surface area contributed by atoms with Crippen molar-refractivity contribution < 1.29 is 0 Å². The number of nitrogens with zero attached hydrogens (tertiary/aromatic N) is 4. The van der Waals surface area contributed by atoms with Crippen molar-refractivity contribution in [3.63, 3.8) is 0 Å². The average molecular weight is 383 g/mol. The standard InChI is InChI=1S/C20H22N4S2/c1-15(16-7-5-11-21-13-16)23-24-18(19-10-6-12-25-19)14-26-20(24)22-17-8-3-2-4-9-17/h5-7,10-14,17H,2-4,8-9H2,1H3. The smallest absolute Gasteiger partial charge is 0.206 e. The Morgan fingerprint density at radius 1 is 1.15 bits per heavy atom. The SMILES string of the molecule is CC(=Nn1c(-c2cccs2)csc1=NC1CCCCC1)c1cccnc1. The van der Waals surface area contributed by atoms with E-state index in [2.05, 4.69) is 27.9 Å². The largest absolute Gasteiger partial charge is 0.264 e. The summed E-state index contributed by atoms with van der Waals surface area (Å²) < 4.78 is 2.02. The van der Waals surface area contributed by atoms with Gasteiger partial charge in [-0.3, -0.25) is 9.98 Å². The van der Waals surface area contributed by atoms with Gasteiger partial charge in [0.2, 0.25) is 4.80 Å². The number of hydrogen-bond acceptors (Lipinski definition) is 5. The summed E-state index contributed by atoms with van der Waals surface area (Å²) in [6, 6.07) is 8.64. The molecule has 4 rings (SSSR count). The predicted molar refractivity (Wildman–Crippen MR) is 110 cm³/mol. The Kier molecular flexibility index (Phi) is 5.41. The molecule has 0 unspecified atom stereocenters. The molecule has 26 heavy (non-hydrogen) atoms. The minimum Gasteiger partial charge on any atom is -0.264 e. The molecule has 0 spiro atoms. The van der Waals surface area contributed by atoms with E-state index in [4.69, 9.17) is 10.1 Å². The van der Waals surface area contributed by atoms with E-state index in [1.807, 2.05) is 29.9 Å². The summed E-state index contributed by atoms with van der Waals surface area (Å²) in [6.07, 6.45) is 9.94. The second kappa shape index (κ2) is 8.10. The first-order chi connectivity index (χ1) is 12.8. The van der Waals surface area contributed by atoms with Crippen LogP contribution in [0, 0.1) is 0 Å². The van der Waals surface area contributed by atoms with Crippen LogP contribution in [0.5, 0.6) is 0 Å². The quantitative estimate of drug-likeness (QED) is 0.573. The summed E-state index contributed by atoms with van der Waals surface area (Å²) >= 11 is 3.42. The zero-order valence-corrected chi connectivity index (χ0v) is 16.5. The van der Waals surface area contributed by atoms with E-state index < -0.39 is 0 Å². The van der Waals surface area contributed by atoms with Crippen molar-refractivity contribution in [2.75, 3.05) is 0 Å². The van der Waals surface area contributed by atoms with Gasteiger partial charge in [0, 0.05) is 23.3 Å². The molecule has 0 aliphatic heterocycles. The van der Waals surface area contributed by atoms with E-state index in [9.17, 15) is 0 Å². The Hall–Kier alpha value is -2.05. The van der Waals surface area contributed by atoms with E-state index in [1.165, 1.54) is 37.0 Å². The Morgan fingerprint density at radius 2 is 2.04 bits per heavy atom. The first kappa shape index (κ1) is 17.4. The normalized spacial score (nSPS) is 17.0. The van der Waals surface area contributed by atoms with Crippen molar-refractivity contribution in [1.29, 1.82) is 0 Å². The van der Waals surface area contributed by atoms with Crippen molar-refractivity contribution in [2.24, 2.45) is 10.1 Å². The average Bonchev–Trinajstić information content (AvgIpc) is 3.34. The Labute approximate surface area is 161 Å². The van der Waals surface area contributed by atoms with Crippen molar-refractivity contribution >= 4 is 28.4 Å². The fraction of sp³-hybridized carbons (Fsp3) is 0.350. The molecule has 0 atom stereocenters. The van der Waals surface area contributed by atoms with Crippen molar-refractivity contribution in [3.8, 4) is 10.6 Å². The Balaban J connectivity index is 1.79. The van der Waals surface area contributed by atoms with Gasteiger partial charge in [0.15, 0.2) is 0 Å². The number of thiazole rings is 1. The highest BCUT2D eigenvalue weighted by molar-refractivity contribution is 7.14. The molecule has 1 aliphatic carbocycles. The number of thiophene rings is 1. The van der Waals surface area contributed by atoms with E-state index >= 15 is 0 Å². The lowest BCUT2D eigenvalue weighted by Gasteiger charge is -2.16. The maximum Gasteiger partial charge on any atom is 0.206 e. The number of aromatic nitrogens is 2. The first-order valence-electron chi connectivity index (χ1n) is 9.05. The molecule has 1 aliphatic rings. The second-order valence-corrected chi connectivity index (χ2v) is 8.32. The molecule has 0 N–H and O–H groups in total. The third kappa shape index (κ3) is 3.86. The molecule has 134 valence electrons. The van der Waals surface area contributed by atoms with Crippen LogP contribution in [0.15, 0.2) is 57.5 Å². The molecule has 0 aromatic carbocycles. The van der Waals surface area contributed by atoms with Gasteiger partial charge in [-0.15, -0.1) is 22.7 Å². The minimum absolute atomic E-state index is 0.429. The second-order valence-electron chi connectivity index (χ2n) is 6.54. The zero-order chi connectivity index (χ0) is 17.8. The van der Waals surface area contributed by atoms with Crippen molar-refractivity contribution in [3.05, 3.63) is 57.8 Å². The number of rotatable bonds is 4. The van der Waals surface area contributed by atoms with Gasteiger partial charge in [0.1, 0.15) is 0 Å². The maximum absolute atomic E-state index is 5.06. The van der Waals surface area contributed by atoms with Crippen LogP contribution >= 0.6 is 22.7 Å². The molecule has 3 aromatic rings. The van der Waals surface area contributed by atoms with E-state index in [-0.39, 0.29) is 0 Å². The van der Waals surface area contributed by atoms with Crippen LogP contribution in [-0.2, 0) is 0 Å². The van der Waals surface area contributed by atoms with Crippen LogP contribution in [0.2, 0.25) is 0 Å². The van der Waals surface area contributed by atoms with Crippen LogP contribution in [0.25, 0.3) is 10.6 Å². The van der Waals surface area contributed by atoms with Crippen LogP contribution < -0.4 is 4.80 Å². The summed E-state index contributed by atoms with van der Waals surface area (Å²) in [7, 11) is 0. The van der Waals surface area contributed by atoms with Gasteiger partial charge in [-0.25, -0.2) is 4.68 Å². The monoisotopic (exact) mass is 382 g/mol. The molecule has 3 heterocycles. The zero-order valence-electron chi connectivity index (χ0n) is 14.8. The molecule has 1 saturated carbocycles. The molecule has 0 radical (unpaired) electrons. The fourth-order valence-corrected chi connectivity index (χ4v) is 4.93. The lowest BCUT2D eigenvalue weighted by atomic mass is 9.96. The van der Waals surface area contributed by atoms with E-state index in [0.29, 0.717) is 6.04 Å². The van der Waals surface area contributed by atoms with E-state index in [0.717, 1.165) is 21.8 Å². The van der Waals surface area contributed by atoms with Crippen LogP contribution in [0.3, 0.4) is 0 Å². The third-order valence-corrected chi connectivity index (χ3v) is 6.38. The van der Waals surface area contributed by atoms with E-state index in [1.54, 1.807) is 28.9 Å². The Morgan fingerprint density at radius 3 is 2.77 bits per heavy atom. The van der Waals surface area contributed by atoms with Gasteiger partial charge in [-0.1, -0.05) is 31.4 Å². The summed E-state index contributed by atoms with van der Waals surface area (Å²) in [6.45, 7) is 2.03. The summed E-state index contributed by atoms with van der Waals surface area (Å²) in [5.74, 6) is 0. The summed E-state index contributed by atoms with van der Waals surface area (Å²) in [5, 5.41) is 9.21. The molecular formula is C20H22N4S2. The van der Waals surface area contributed by atoms with Crippen LogP contribution in [-0.4, -0.2) is 21.4 Å². The van der Waals surface area contributed by atoms with Gasteiger partial charge in [0.25, 0.3) is 0 Å². The number of pyridine rings is 1. The fourth-order valence-electron chi connectivity index (χ4n) is 3.23. The lowest BCUT2D eigenvalue weighted by Crippen LogP contribution is -2.19. The first-order valence-corrected chi connectivity index (χ1v) is 10.8. The highest BCUT2D eigenvalue weighted by atomic mass is 32.1. The van der Waals surface area contributed by atoms with Crippen LogP contribution in [0.1, 0.15) is 44.6 Å². The molecule has 0 bridgehead atoms. The Bertz CT molecular complexity index is 930. The summed E-state index contributed by atoms with van der Waals surface area (Å²) in [4.78, 5) is 11.5.